The van der Waals surface area contributed by atoms with Crippen LogP contribution in [0, 0.1) is 34.0 Å². The second kappa shape index (κ2) is 5.44. The molecule has 0 bridgehead atoms. The first-order valence-corrected chi connectivity index (χ1v) is 10.2. The van der Waals surface area contributed by atoms with Crippen LogP contribution in [0.1, 0.15) is 79.1 Å². The van der Waals surface area contributed by atoms with Gasteiger partial charge in [0.15, 0.2) is 0 Å². The van der Waals surface area contributed by atoms with Gasteiger partial charge in [0.25, 0.3) is 0 Å². The van der Waals surface area contributed by atoms with Crippen LogP contribution in [0.2, 0.25) is 0 Å². The number of fused-ring (bicyclic) bond motifs is 5. The van der Waals surface area contributed by atoms with E-state index in [-0.39, 0.29) is 16.7 Å². The Bertz CT molecular complexity index is 665. The molecule has 138 valence electrons. The van der Waals surface area contributed by atoms with Gasteiger partial charge in [0.2, 0.25) is 0 Å². The molecule has 3 saturated carbocycles. The van der Waals surface area contributed by atoms with Gasteiger partial charge in [-0.25, -0.2) is 0 Å². The van der Waals surface area contributed by atoms with Gasteiger partial charge in [-0.3, -0.25) is 4.79 Å². The smallest absolute Gasteiger partial charge is 0.133 e. The van der Waals surface area contributed by atoms with Crippen LogP contribution in [-0.4, -0.2) is 16.7 Å². The molecule has 6 atom stereocenters. The van der Waals surface area contributed by atoms with Crippen LogP contribution in [0.15, 0.2) is 16.8 Å². The number of nitrogens with zero attached hydrogens (tertiary/aromatic N) is 1. The number of allylic oxidation sites excluding steroid dienone is 2. The minimum absolute atomic E-state index is 0.184. The predicted molar refractivity (Wildman–Crippen MR) is 99.7 cm³/mol. The van der Waals surface area contributed by atoms with Crippen molar-refractivity contribution >= 4 is 11.5 Å². The fraction of sp³-hybridized carbons (Fsp3) is 0.818. The third-order valence-corrected chi connectivity index (χ3v) is 9.44. The Morgan fingerprint density at radius 3 is 2.44 bits per heavy atom. The van der Waals surface area contributed by atoms with E-state index < -0.39 is 0 Å². The van der Waals surface area contributed by atoms with Gasteiger partial charge >= 0.3 is 0 Å². The lowest BCUT2D eigenvalue weighted by atomic mass is 9.42. The SMILES string of the molecule is CC(=O)[C@H]1CC[C@@]2(C)[C@@H]3CCC4=C/C(=N/O)CC[C@]4(C)[C@H]3CC[C@]12C. The summed E-state index contributed by atoms with van der Waals surface area (Å²) in [5.41, 5.74) is 3.11. The summed E-state index contributed by atoms with van der Waals surface area (Å²) in [6.07, 6.45) is 11.3. The van der Waals surface area contributed by atoms with Crippen molar-refractivity contribution in [1.29, 1.82) is 0 Å². The first-order valence-electron chi connectivity index (χ1n) is 10.2. The summed E-state index contributed by atoms with van der Waals surface area (Å²) < 4.78 is 0. The minimum Gasteiger partial charge on any atom is -0.411 e. The number of rotatable bonds is 1. The second-order valence-corrected chi connectivity index (χ2v) is 10.0. The van der Waals surface area contributed by atoms with Gasteiger partial charge in [-0.15, -0.1) is 0 Å². The van der Waals surface area contributed by atoms with Crippen LogP contribution in [0.25, 0.3) is 0 Å². The summed E-state index contributed by atoms with van der Waals surface area (Å²) in [7, 11) is 0. The maximum atomic E-state index is 12.3. The van der Waals surface area contributed by atoms with Gasteiger partial charge in [0, 0.05) is 5.92 Å². The summed E-state index contributed by atoms with van der Waals surface area (Å²) in [4.78, 5) is 12.3. The Hall–Kier alpha value is -1.12. The monoisotopic (exact) mass is 343 g/mol. The standard InChI is InChI=1S/C22H33NO2/c1-14(24)17-8-11-22(4)19-6-5-15-13-16(23-25)7-10-20(15,2)18(19)9-12-21(17,22)3/h13,17-19,25H,5-12H2,1-4H3/b23-16+/t17-,18+,19-,20+,21-,22+/m1/s1. The van der Waals surface area contributed by atoms with E-state index in [1.54, 1.807) is 0 Å². The van der Waals surface area contributed by atoms with Crippen LogP contribution in [0.4, 0.5) is 0 Å². The number of Topliss-reactive ketones (excluding diaryl/α,β-unsaturated/α-hetero) is 1. The first kappa shape index (κ1) is 17.3. The molecule has 0 amide bonds. The zero-order valence-corrected chi connectivity index (χ0v) is 16.3. The minimum atomic E-state index is 0.184. The fourth-order valence-electron chi connectivity index (χ4n) is 7.71. The lowest BCUT2D eigenvalue weighted by Crippen LogP contribution is -2.55. The molecule has 4 rings (SSSR count). The van der Waals surface area contributed by atoms with Gasteiger partial charge in [0.05, 0.1) is 5.71 Å². The van der Waals surface area contributed by atoms with Gasteiger partial charge in [-0.05, 0) is 92.4 Å². The summed E-state index contributed by atoms with van der Waals surface area (Å²) in [5, 5.41) is 12.7. The predicted octanol–water partition coefficient (Wildman–Crippen LogP) is 5.37. The fourth-order valence-corrected chi connectivity index (χ4v) is 7.71. The van der Waals surface area contributed by atoms with Crippen molar-refractivity contribution in [2.45, 2.75) is 79.1 Å². The van der Waals surface area contributed by atoms with E-state index in [9.17, 15) is 10.0 Å². The molecule has 4 aliphatic carbocycles. The maximum absolute atomic E-state index is 12.3. The molecule has 0 aromatic carbocycles. The highest BCUT2D eigenvalue weighted by molar-refractivity contribution is 5.96. The summed E-state index contributed by atoms with van der Waals surface area (Å²) in [6, 6.07) is 0. The number of ketones is 1. The van der Waals surface area contributed by atoms with E-state index in [1.165, 1.54) is 31.3 Å². The molecule has 3 fully saturated rings. The number of hydrogen-bond acceptors (Lipinski definition) is 3. The van der Waals surface area contributed by atoms with Gasteiger partial charge in [-0.2, -0.15) is 0 Å². The number of carbonyl (C=O) groups is 1. The van der Waals surface area contributed by atoms with Crippen LogP contribution in [-0.2, 0) is 4.79 Å². The van der Waals surface area contributed by atoms with Crippen molar-refractivity contribution in [2.75, 3.05) is 0 Å². The van der Waals surface area contributed by atoms with E-state index in [1.807, 2.05) is 6.92 Å². The molecule has 0 heterocycles. The van der Waals surface area contributed by atoms with Crippen LogP contribution < -0.4 is 0 Å². The van der Waals surface area contributed by atoms with E-state index in [4.69, 9.17) is 0 Å². The Morgan fingerprint density at radius 1 is 1.04 bits per heavy atom. The Balaban J connectivity index is 1.72. The van der Waals surface area contributed by atoms with Crippen molar-refractivity contribution in [3.05, 3.63) is 11.6 Å². The van der Waals surface area contributed by atoms with E-state index >= 15 is 0 Å². The molecule has 0 aromatic heterocycles. The lowest BCUT2D eigenvalue weighted by Gasteiger charge is -2.62. The van der Waals surface area contributed by atoms with Crippen LogP contribution in [0.5, 0.6) is 0 Å². The van der Waals surface area contributed by atoms with Crippen molar-refractivity contribution in [2.24, 2.45) is 39.2 Å². The van der Waals surface area contributed by atoms with Gasteiger partial charge in [0.1, 0.15) is 5.78 Å². The molecule has 4 aliphatic rings. The van der Waals surface area contributed by atoms with Crippen molar-refractivity contribution in [3.8, 4) is 0 Å². The zero-order valence-electron chi connectivity index (χ0n) is 16.3. The highest BCUT2D eigenvalue weighted by Gasteiger charge is 2.65. The number of carbonyl (C=O) groups excluding carboxylic acids is 1. The topological polar surface area (TPSA) is 49.7 Å². The Kier molecular flexibility index (Phi) is 3.76. The molecular weight excluding hydrogens is 310 g/mol. The third-order valence-electron chi connectivity index (χ3n) is 9.44. The first-order chi connectivity index (χ1) is 11.8. The molecule has 3 heteroatoms. The molecule has 0 radical (unpaired) electrons. The molecule has 0 aliphatic heterocycles. The van der Waals surface area contributed by atoms with Crippen LogP contribution >= 0.6 is 0 Å². The molecule has 0 spiro atoms. The zero-order chi connectivity index (χ0) is 18.0. The van der Waals surface area contributed by atoms with Crippen molar-refractivity contribution in [1.82, 2.24) is 0 Å². The Morgan fingerprint density at radius 2 is 1.76 bits per heavy atom. The number of hydrogen-bond donors (Lipinski definition) is 1. The van der Waals surface area contributed by atoms with Crippen LogP contribution in [0.3, 0.4) is 0 Å². The second-order valence-electron chi connectivity index (χ2n) is 10.0. The normalized spacial score (nSPS) is 50.6. The lowest BCUT2D eigenvalue weighted by molar-refractivity contribution is -0.137. The van der Waals surface area contributed by atoms with Gasteiger partial charge < -0.3 is 5.21 Å². The quantitative estimate of drug-likeness (QED) is 0.513. The summed E-state index contributed by atoms with van der Waals surface area (Å²) in [5.74, 6) is 2.12. The number of oxime groups is 1. The molecule has 1 N–H and O–H groups in total. The molecule has 25 heavy (non-hydrogen) atoms. The molecule has 3 nitrogen and oxygen atoms in total. The largest absolute Gasteiger partial charge is 0.411 e. The summed E-state index contributed by atoms with van der Waals surface area (Å²) >= 11 is 0. The molecule has 0 saturated heterocycles. The highest BCUT2D eigenvalue weighted by atomic mass is 16.4. The average molecular weight is 344 g/mol. The summed E-state index contributed by atoms with van der Waals surface area (Å²) in [6.45, 7) is 9.21. The Labute approximate surface area is 151 Å². The maximum Gasteiger partial charge on any atom is 0.133 e. The van der Waals surface area contributed by atoms with Crippen molar-refractivity contribution in [3.63, 3.8) is 0 Å². The third kappa shape index (κ3) is 2.10. The highest BCUT2D eigenvalue weighted by Crippen LogP contribution is 2.72. The van der Waals surface area contributed by atoms with E-state index in [0.29, 0.717) is 11.2 Å². The van der Waals surface area contributed by atoms with E-state index in [2.05, 4.69) is 32.0 Å². The molecule has 0 aromatic rings. The molecular formula is C22H33NO2. The van der Waals surface area contributed by atoms with E-state index in [0.717, 1.165) is 43.2 Å². The molecule has 0 unspecified atom stereocenters. The van der Waals surface area contributed by atoms with Crippen molar-refractivity contribution < 1.29 is 10.0 Å². The van der Waals surface area contributed by atoms with Gasteiger partial charge in [-0.1, -0.05) is 31.5 Å². The average Bonchev–Trinajstić information content (AvgIpc) is 2.86.